The Hall–Kier alpha value is -3.08. The van der Waals surface area contributed by atoms with Crippen molar-refractivity contribution in [3.63, 3.8) is 0 Å². The number of carbonyl (C=O) groups excluding carboxylic acids is 1. The van der Waals surface area contributed by atoms with Crippen LogP contribution in [0.15, 0.2) is 58.9 Å². The van der Waals surface area contributed by atoms with Crippen LogP contribution in [0, 0.1) is 6.92 Å². The average molecular weight is 291 g/mol. The molecule has 0 aliphatic carbocycles. The lowest BCUT2D eigenvalue weighted by atomic mass is 10.1. The molecule has 108 valence electrons. The quantitative estimate of drug-likeness (QED) is 0.571. The standard InChI is InChI=1S/C17H13N3O2/c1-11-4-6-13(7-5-11)19-20-15-9-12(10-21)17(22)16-14(15)3-2-8-18-16/h2-10,22H,1H3. The predicted octanol–water partition coefficient (Wildman–Crippen LogP) is 4.48. The lowest BCUT2D eigenvalue weighted by Crippen LogP contribution is -1.86. The van der Waals surface area contributed by atoms with E-state index in [1.54, 1.807) is 18.3 Å². The van der Waals surface area contributed by atoms with Gasteiger partial charge in [0, 0.05) is 11.6 Å². The Kier molecular flexibility index (Phi) is 3.62. The second-order valence-corrected chi connectivity index (χ2v) is 4.89. The van der Waals surface area contributed by atoms with Crippen molar-refractivity contribution in [1.29, 1.82) is 0 Å². The van der Waals surface area contributed by atoms with Gasteiger partial charge in [-0.25, -0.2) is 0 Å². The van der Waals surface area contributed by atoms with Crippen molar-refractivity contribution in [2.45, 2.75) is 6.92 Å². The molecule has 3 aromatic rings. The highest BCUT2D eigenvalue weighted by Crippen LogP contribution is 2.34. The van der Waals surface area contributed by atoms with Gasteiger partial charge in [-0.15, -0.1) is 5.11 Å². The molecule has 0 bridgehead atoms. The van der Waals surface area contributed by atoms with Crippen LogP contribution < -0.4 is 0 Å². The van der Waals surface area contributed by atoms with Crippen molar-refractivity contribution in [3.8, 4) is 5.75 Å². The van der Waals surface area contributed by atoms with Gasteiger partial charge in [0.25, 0.3) is 0 Å². The SMILES string of the molecule is Cc1ccc(N=Nc2cc(C=O)c(O)c3ncccc23)cc1. The van der Waals surface area contributed by atoms with E-state index >= 15 is 0 Å². The van der Waals surface area contributed by atoms with Crippen molar-refractivity contribution in [2.24, 2.45) is 10.2 Å². The van der Waals surface area contributed by atoms with E-state index in [1.807, 2.05) is 31.2 Å². The lowest BCUT2D eigenvalue weighted by molar-refractivity contribution is 0.112. The van der Waals surface area contributed by atoms with Gasteiger partial charge in [-0.1, -0.05) is 17.7 Å². The molecule has 0 aliphatic heterocycles. The van der Waals surface area contributed by atoms with Crippen LogP contribution in [0.25, 0.3) is 10.9 Å². The second-order valence-electron chi connectivity index (χ2n) is 4.89. The predicted molar refractivity (Wildman–Crippen MR) is 84.2 cm³/mol. The molecule has 2 aromatic carbocycles. The summed E-state index contributed by atoms with van der Waals surface area (Å²) in [5.41, 5.74) is 2.82. The molecule has 0 saturated carbocycles. The van der Waals surface area contributed by atoms with Gasteiger partial charge >= 0.3 is 0 Å². The second kappa shape index (κ2) is 5.73. The first-order valence-electron chi connectivity index (χ1n) is 6.73. The molecular formula is C17H13N3O2. The largest absolute Gasteiger partial charge is 0.505 e. The molecule has 5 nitrogen and oxygen atoms in total. The summed E-state index contributed by atoms with van der Waals surface area (Å²) in [6, 6.07) is 12.6. The van der Waals surface area contributed by atoms with E-state index < -0.39 is 0 Å². The topological polar surface area (TPSA) is 74.9 Å². The molecule has 0 saturated heterocycles. The molecule has 0 unspecified atom stereocenters. The number of benzene rings is 2. The Labute approximate surface area is 127 Å². The minimum atomic E-state index is -0.139. The number of aldehydes is 1. The van der Waals surface area contributed by atoms with E-state index in [0.29, 0.717) is 28.6 Å². The maximum atomic E-state index is 11.1. The average Bonchev–Trinajstić information content (AvgIpc) is 2.56. The molecule has 1 N–H and O–H groups in total. The monoisotopic (exact) mass is 291 g/mol. The molecule has 1 heterocycles. The van der Waals surface area contributed by atoms with Gasteiger partial charge in [0.1, 0.15) is 5.52 Å². The van der Waals surface area contributed by atoms with Crippen LogP contribution in [0.4, 0.5) is 11.4 Å². The highest BCUT2D eigenvalue weighted by Gasteiger charge is 2.11. The molecule has 0 amide bonds. The van der Waals surface area contributed by atoms with Gasteiger partial charge < -0.3 is 5.11 Å². The van der Waals surface area contributed by atoms with E-state index in [1.165, 1.54) is 6.07 Å². The normalized spacial score (nSPS) is 11.1. The van der Waals surface area contributed by atoms with Crippen molar-refractivity contribution in [3.05, 3.63) is 59.8 Å². The van der Waals surface area contributed by atoms with Crippen LogP contribution in [-0.2, 0) is 0 Å². The Bertz CT molecular complexity index is 871. The van der Waals surface area contributed by atoms with Gasteiger partial charge in [-0.2, -0.15) is 5.11 Å². The van der Waals surface area contributed by atoms with E-state index in [-0.39, 0.29) is 11.3 Å². The Morgan fingerprint density at radius 1 is 1.14 bits per heavy atom. The minimum absolute atomic E-state index is 0.139. The summed E-state index contributed by atoms with van der Waals surface area (Å²) in [5.74, 6) is -0.139. The molecule has 0 fully saturated rings. The van der Waals surface area contributed by atoms with Crippen LogP contribution in [0.5, 0.6) is 5.75 Å². The van der Waals surface area contributed by atoms with Gasteiger partial charge in [0.15, 0.2) is 12.0 Å². The third-order valence-corrected chi connectivity index (χ3v) is 3.31. The van der Waals surface area contributed by atoms with Crippen LogP contribution in [0.3, 0.4) is 0 Å². The van der Waals surface area contributed by atoms with E-state index in [9.17, 15) is 9.90 Å². The summed E-state index contributed by atoms with van der Waals surface area (Å²) in [6.07, 6.45) is 2.13. The van der Waals surface area contributed by atoms with E-state index in [0.717, 1.165) is 5.56 Å². The number of phenolic OH excluding ortho intramolecular Hbond substituents is 1. The Morgan fingerprint density at radius 3 is 2.64 bits per heavy atom. The van der Waals surface area contributed by atoms with Crippen molar-refractivity contribution < 1.29 is 9.90 Å². The molecule has 0 aliphatic rings. The number of pyridine rings is 1. The fourth-order valence-corrected chi connectivity index (χ4v) is 2.13. The molecule has 0 atom stereocenters. The van der Waals surface area contributed by atoms with E-state index in [2.05, 4.69) is 15.2 Å². The maximum Gasteiger partial charge on any atom is 0.153 e. The first-order chi connectivity index (χ1) is 10.7. The summed E-state index contributed by atoms with van der Waals surface area (Å²) in [5, 5.41) is 19.0. The number of aryl methyl sites for hydroxylation is 1. The number of nitrogens with zero attached hydrogens (tertiary/aromatic N) is 3. The molecule has 22 heavy (non-hydrogen) atoms. The zero-order chi connectivity index (χ0) is 15.5. The zero-order valence-electron chi connectivity index (χ0n) is 11.9. The Morgan fingerprint density at radius 2 is 1.91 bits per heavy atom. The van der Waals surface area contributed by atoms with Crippen LogP contribution in [0.1, 0.15) is 15.9 Å². The third-order valence-electron chi connectivity index (χ3n) is 3.31. The van der Waals surface area contributed by atoms with Crippen molar-refractivity contribution >= 4 is 28.6 Å². The number of azo groups is 1. The summed E-state index contributed by atoms with van der Waals surface area (Å²) in [6.45, 7) is 2.00. The lowest BCUT2D eigenvalue weighted by Gasteiger charge is -2.05. The number of aromatic hydroxyl groups is 1. The summed E-state index contributed by atoms with van der Waals surface area (Å²) >= 11 is 0. The van der Waals surface area contributed by atoms with Gasteiger partial charge in [-0.05, 0) is 37.3 Å². The number of phenols is 1. The van der Waals surface area contributed by atoms with Gasteiger partial charge in [0.05, 0.1) is 16.9 Å². The van der Waals surface area contributed by atoms with Gasteiger partial charge in [-0.3, -0.25) is 9.78 Å². The molecule has 5 heteroatoms. The minimum Gasteiger partial charge on any atom is -0.505 e. The number of aromatic nitrogens is 1. The third kappa shape index (κ3) is 2.56. The maximum absolute atomic E-state index is 11.1. The van der Waals surface area contributed by atoms with Crippen LogP contribution >= 0.6 is 0 Å². The zero-order valence-corrected chi connectivity index (χ0v) is 11.9. The summed E-state index contributed by atoms with van der Waals surface area (Å²) in [7, 11) is 0. The van der Waals surface area contributed by atoms with Crippen LogP contribution in [-0.4, -0.2) is 16.4 Å². The highest BCUT2D eigenvalue weighted by molar-refractivity contribution is 6.00. The van der Waals surface area contributed by atoms with Crippen molar-refractivity contribution in [1.82, 2.24) is 4.98 Å². The molecule has 1 aromatic heterocycles. The molecule has 3 rings (SSSR count). The van der Waals surface area contributed by atoms with Crippen molar-refractivity contribution in [2.75, 3.05) is 0 Å². The fourth-order valence-electron chi connectivity index (χ4n) is 2.13. The number of rotatable bonds is 3. The fraction of sp³-hybridized carbons (Fsp3) is 0.0588. The number of carbonyl (C=O) groups is 1. The summed E-state index contributed by atoms with van der Waals surface area (Å²) in [4.78, 5) is 15.2. The number of hydrogen-bond donors (Lipinski definition) is 1. The van der Waals surface area contributed by atoms with E-state index in [4.69, 9.17) is 0 Å². The first-order valence-corrected chi connectivity index (χ1v) is 6.73. The molecular weight excluding hydrogens is 278 g/mol. The first kappa shape index (κ1) is 13.9. The number of hydrogen-bond acceptors (Lipinski definition) is 5. The highest BCUT2D eigenvalue weighted by atomic mass is 16.3. The number of fused-ring (bicyclic) bond motifs is 1. The Balaban J connectivity index is 2.12. The smallest absolute Gasteiger partial charge is 0.153 e. The molecule has 0 radical (unpaired) electrons. The van der Waals surface area contributed by atoms with Gasteiger partial charge in [0.2, 0.25) is 0 Å². The molecule has 0 spiro atoms. The van der Waals surface area contributed by atoms with Crippen LogP contribution in [0.2, 0.25) is 0 Å². The summed E-state index contributed by atoms with van der Waals surface area (Å²) < 4.78 is 0.